The van der Waals surface area contributed by atoms with Gasteiger partial charge in [0.1, 0.15) is 0 Å². The summed E-state index contributed by atoms with van der Waals surface area (Å²) in [5, 5.41) is 2.91. The van der Waals surface area contributed by atoms with Gasteiger partial charge in [0.15, 0.2) is 11.5 Å². The highest BCUT2D eigenvalue weighted by Crippen LogP contribution is 2.33. The molecule has 1 aromatic rings. The van der Waals surface area contributed by atoms with Gasteiger partial charge in [-0.3, -0.25) is 9.69 Å². The van der Waals surface area contributed by atoms with Crippen LogP contribution in [0.4, 0.5) is 8.78 Å². The first-order chi connectivity index (χ1) is 12.9. The van der Waals surface area contributed by atoms with Gasteiger partial charge in [0.25, 0.3) is 0 Å². The van der Waals surface area contributed by atoms with E-state index in [1.807, 2.05) is 6.92 Å². The summed E-state index contributed by atoms with van der Waals surface area (Å²) in [5.74, 6) is -0.241. The number of para-hydroxylation sites is 1. The molecular weight excluding hydrogens is 358 g/mol. The number of hydrogen-bond acceptors (Lipinski definition) is 5. The summed E-state index contributed by atoms with van der Waals surface area (Å²) in [7, 11) is 1.36. The molecule has 0 spiro atoms. The summed E-state index contributed by atoms with van der Waals surface area (Å²) in [4.78, 5) is 14.5. The van der Waals surface area contributed by atoms with Gasteiger partial charge in [-0.2, -0.15) is 8.78 Å². The molecule has 0 radical (unpaired) electrons. The molecule has 8 heteroatoms. The van der Waals surface area contributed by atoms with Crippen LogP contribution in [0.25, 0.3) is 6.08 Å². The molecular formula is C19H26F2N2O4. The molecule has 2 rings (SSSR count). The third-order valence-electron chi connectivity index (χ3n) is 4.57. The van der Waals surface area contributed by atoms with Gasteiger partial charge in [0.05, 0.1) is 20.3 Å². The Balaban J connectivity index is 2.01. The third-order valence-corrected chi connectivity index (χ3v) is 4.57. The minimum absolute atomic E-state index is 0.0812. The quantitative estimate of drug-likeness (QED) is 0.698. The maximum absolute atomic E-state index is 12.7. The fourth-order valence-electron chi connectivity index (χ4n) is 2.90. The van der Waals surface area contributed by atoms with E-state index in [0.29, 0.717) is 18.8 Å². The van der Waals surface area contributed by atoms with Gasteiger partial charge in [0, 0.05) is 36.8 Å². The SMILES string of the molecule is COc1cccc(C=CC(=O)NC(C)C(C)N2CCOCC2)c1OC(F)F. The van der Waals surface area contributed by atoms with Crippen LogP contribution < -0.4 is 14.8 Å². The van der Waals surface area contributed by atoms with Crippen molar-refractivity contribution in [2.24, 2.45) is 0 Å². The maximum atomic E-state index is 12.7. The molecule has 27 heavy (non-hydrogen) atoms. The highest BCUT2D eigenvalue weighted by Gasteiger charge is 2.22. The first-order valence-electron chi connectivity index (χ1n) is 8.84. The Morgan fingerprint density at radius 2 is 2.00 bits per heavy atom. The Morgan fingerprint density at radius 1 is 1.30 bits per heavy atom. The predicted octanol–water partition coefficient (Wildman–Crippen LogP) is 2.54. The van der Waals surface area contributed by atoms with Gasteiger partial charge in [-0.25, -0.2) is 0 Å². The lowest BCUT2D eigenvalue weighted by Crippen LogP contribution is -2.51. The van der Waals surface area contributed by atoms with Crippen molar-refractivity contribution in [1.82, 2.24) is 10.2 Å². The van der Waals surface area contributed by atoms with Crippen molar-refractivity contribution in [2.75, 3.05) is 33.4 Å². The number of hydrogen-bond donors (Lipinski definition) is 1. The Morgan fingerprint density at radius 3 is 2.63 bits per heavy atom. The molecule has 0 saturated carbocycles. The summed E-state index contributed by atoms with van der Waals surface area (Å²) in [6.45, 7) is 4.03. The number of methoxy groups -OCH3 is 1. The van der Waals surface area contributed by atoms with E-state index in [0.717, 1.165) is 13.1 Å². The maximum Gasteiger partial charge on any atom is 0.387 e. The molecule has 1 saturated heterocycles. The van der Waals surface area contributed by atoms with Crippen molar-refractivity contribution in [3.05, 3.63) is 29.8 Å². The fraction of sp³-hybridized carbons (Fsp3) is 0.526. The number of carbonyl (C=O) groups is 1. The summed E-state index contributed by atoms with van der Waals surface area (Å²) >= 11 is 0. The normalized spacial score (nSPS) is 17.7. The van der Waals surface area contributed by atoms with E-state index in [9.17, 15) is 13.6 Å². The largest absolute Gasteiger partial charge is 0.493 e. The van der Waals surface area contributed by atoms with Gasteiger partial charge >= 0.3 is 6.61 Å². The number of morpholine rings is 1. The molecule has 1 aliphatic heterocycles. The third kappa shape index (κ3) is 6.18. The summed E-state index contributed by atoms with van der Waals surface area (Å²) in [6.07, 6.45) is 2.73. The van der Waals surface area contributed by atoms with Crippen LogP contribution in [0.2, 0.25) is 0 Å². The van der Waals surface area contributed by atoms with E-state index in [-0.39, 0.29) is 29.5 Å². The van der Waals surface area contributed by atoms with Gasteiger partial charge in [0.2, 0.25) is 5.91 Å². The highest BCUT2D eigenvalue weighted by molar-refractivity contribution is 5.92. The number of halogens is 2. The molecule has 1 N–H and O–H groups in total. The lowest BCUT2D eigenvalue weighted by atomic mass is 10.1. The number of nitrogens with one attached hydrogen (secondary N) is 1. The predicted molar refractivity (Wildman–Crippen MR) is 98.1 cm³/mol. The summed E-state index contributed by atoms with van der Waals surface area (Å²) in [6, 6.07) is 4.80. The van der Waals surface area contributed by atoms with Crippen molar-refractivity contribution in [3.63, 3.8) is 0 Å². The number of benzene rings is 1. The summed E-state index contributed by atoms with van der Waals surface area (Å²) < 4.78 is 40.2. The van der Waals surface area contributed by atoms with Crippen LogP contribution in [0.3, 0.4) is 0 Å². The monoisotopic (exact) mass is 384 g/mol. The lowest BCUT2D eigenvalue weighted by Gasteiger charge is -2.35. The molecule has 150 valence electrons. The topological polar surface area (TPSA) is 60.0 Å². The molecule has 1 fully saturated rings. The Hall–Kier alpha value is -2.19. The first-order valence-corrected chi connectivity index (χ1v) is 8.84. The van der Waals surface area contributed by atoms with E-state index in [2.05, 4.69) is 21.9 Å². The Kier molecular flexibility index (Phi) is 7.99. The first kappa shape index (κ1) is 21.1. The van der Waals surface area contributed by atoms with Gasteiger partial charge in [-0.1, -0.05) is 12.1 Å². The number of alkyl halides is 2. The molecule has 0 aliphatic carbocycles. The lowest BCUT2D eigenvalue weighted by molar-refractivity contribution is -0.117. The average molecular weight is 384 g/mol. The average Bonchev–Trinajstić information content (AvgIpc) is 2.66. The molecule has 1 aliphatic rings. The van der Waals surface area contributed by atoms with Crippen LogP contribution in [-0.2, 0) is 9.53 Å². The number of carbonyl (C=O) groups excluding carboxylic acids is 1. The summed E-state index contributed by atoms with van der Waals surface area (Å²) in [5.41, 5.74) is 0.332. The second-order valence-corrected chi connectivity index (χ2v) is 6.28. The van der Waals surface area contributed by atoms with Crippen LogP contribution in [0, 0.1) is 0 Å². The van der Waals surface area contributed by atoms with Gasteiger partial charge in [-0.05, 0) is 26.0 Å². The molecule has 1 heterocycles. The van der Waals surface area contributed by atoms with Gasteiger partial charge in [-0.15, -0.1) is 0 Å². The van der Waals surface area contributed by atoms with Crippen LogP contribution in [0.15, 0.2) is 24.3 Å². The van der Waals surface area contributed by atoms with Crippen molar-refractivity contribution in [2.45, 2.75) is 32.5 Å². The minimum Gasteiger partial charge on any atom is -0.493 e. The molecule has 2 unspecified atom stereocenters. The molecule has 1 aromatic carbocycles. The molecule has 0 bridgehead atoms. The Bertz CT molecular complexity index is 649. The molecule has 6 nitrogen and oxygen atoms in total. The highest BCUT2D eigenvalue weighted by atomic mass is 19.3. The standard InChI is InChI=1S/C19H26F2N2O4/c1-13(14(2)23-9-11-26-12-10-23)22-17(24)8-7-15-5-4-6-16(25-3)18(15)27-19(20)21/h4-8,13-14,19H,9-12H2,1-3H3,(H,22,24). The molecule has 2 atom stereocenters. The fourth-order valence-corrected chi connectivity index (χ4v) is 2.90. The zero-order chi connectivity index (χ0) is 19.8. The van der Waals surface area contributed by atoms with E-state index in [1.165, 1.54) is 25.3 Å². The Labute approximate surface area is 158 Å². The van der Waals surface area contributed by atoms with Crippen LogP contribution in [-0.4, -0.2) is 62.9 Å². The van der Waals surface area contributed by atoms with Crippen molar-refractivity contribution in [1.29, 1.82) is 0 Å². The molecule has 0 aromatic heterocycles. The zero-order valence-corrected chi connectivity index (χ0v) is 15.8. The second kappa shape index (κ2) is 10.2. The van der Waals surface area contributed by atoms with E-state index >= 15 is 0 Å². The van der Waals surface area contributed by atoms with E-state index < -0.39 is 6.61 Å². The minimum atomic E-state index is -2.99. The molecule has 1 amide bonds. The van der Waals surface area contributed by atoms with Crippen molar-refractivity contribution >= 4 is 12.0 Å². The van der Waals surface area contributed by atoms with E-state index in [4.69, 9.17) is 9.47 Å². The van der Waals surface area contributed by atoms with Crippen LogP contribution in [0.1, 0.15) is 19.4 Å². The van der Waals surface area contributed by atoms with Crippen LogP contribution >= 0.6 is 0 Å². The number of ether oxygens (including phenoxy) is 3. The number of amides is 1. The van der Waals surface area contributed by atoms with Crippen LogP contribution in [0.5, 0.6) is 11.5 Å². The zero-order valence-electron chi connectivity index (χ0n) is 15.8. The number of nitrogens with zero attached hydrogens (tertiary/aromatic N) is 1. The second-order valence-electron chi connectivity index (χ2n) is 6.28. The van der Waals surface area contributed by atoms with E-state index in [1.54, 1.807) is 12.1 Å². The van der Waals surface area contributed by atoms with Crippen molar-refractivity contribution in [3.8, 4) is 11.5 Å². The smallest absolute Gasteiger partial charge is 0.387 e. The number of rotatable bonds is 8. The van der Waals surface area contributed by atoms with Gasteiger partial charge < -0.3 is 19.5 Å². The van der Waals surface area contributed by atoms with Crippen molar-refractivity contribution < 1.29 is 27.8 Å².